The average Bonchev–Trinajstić information content (AvgIpc) is 2.87. The first-order valence-electron chi connectivity index (χ1n) is 7.46. The van der Waals surface area contributed by atoms with Gasteiger partial charge in [0.05, 0.1) is 6.54 Å². The molecule has 1 aliphatic rings. The molecular formula is C16H19N3O2. The third kappa shape index (κ3) is 2.96. The number of carbonyl (C=O) groups excluding carboxylic acids is 1. The minimum absolute atomic E-state index is 0.216. The number of nitrogens with zero attached hydrogens (tertiary/aromatic N) is 3. The van der Waals surface area contributed by atoms with Crippen LogP contribution in [0.3, 0.4) is 0 Å². The van der Waals surface area contributed by atoms with Gasteiger partial charge in [-0.25, -0.2) is 0 Å². The van der Waals surface area contributed by atoms with E-state index in [0.29, 0.717) is 24.7 Å². The second kappa shape index (κ2) is 6.08. The highest BCUT2D eigenvalue weighted by molar-refractivity contribution is 6.01. The molecule has 0 unspecified atom stereocenters. The molecule has 0 spiro atoms. The van der Waals surface area contributed by atoms with Crippen LogP contribution in [-0.4, -0.2) is 22.5 Å². The number of aryl methyl sites for hydroxylation is 1. The summed E-state index contributed by atoms with van der Waals surface area (Å²) in [5.41, 5.74) is 1.77. The predicted molar refractivity (Wildman–Crippen MR) is 79.3 cm³/mol. The van der Waals surface area contributed by atoms with Gasteiger partial charge in [0.15, 0.2) is 11.6 Å². The van der Waals surface area contributed by atoms with Gasteiger partial charge in [-0.05, 0) is 25.0 Å². The highest BCUT2D eigenvalue weighted by Crippen LogP contribution is 2.27. The van der Waals surface area contributed by atoms with Gasteiger partial charge >= 0.3 is 0 Å². The van der Waals surface area contributed by atoms with Crippen molar-refractivity contribution in [1.82, 2.24) is 10.1 Å². The topological polar surface area (TPSA) is 59.2 Å². The van der Waals surface area contributed by atoms with Crippen molar-refractivity contribution < 1.29 is 9.32 Å². The van der Waals surface area contributed by atoms with Gasteiger partial charge < -0.3 is 9.42 Å². The van der Waals surface area contributed by atoms with E-state index >= 15 is 0 Å². The molecule has 0 N–H and O–H groups in total. The monoisotopic (exact) mass is 285 g/mol. The fourth-order valence-electron chi connectivity index (χ4n) is 2.68. The zero-order valence-corrected chi connectivity index (χ0v) is 12.2. The van der Waals surface area contributed by atoms with E-state index in [1.807, 2.05) is 24.3 Å². The van der Waals surface area contributed by atoms with Crippen LogP contribution >= 0.6 is 0 Å². The maximum absolute atomic E-state index is 12.1. The smallest absolute Gasteiger partial charge is 0.226 e. The lowest BCUT2D eigenvalue weighted by molar-refractivity contribution is 0.0984. The molecule has 1 aromatic heterocycles. The predicted octanol–water partition coefficient (Wildman–Crippen LogP) is 3.01. The fraction of sp³-hybridized carbons (Fsp3) is 0.438. The third-order valence-electron chi connectivity index (χ3n) is 3.68. The van der Waals surface area contributed by atoms with Crippen LogP contribution in [0.4, 0.5) is 5.69 Å². The summed E-state index contributed by atoms with van der Waals surface area (Å²) in [6.45, 7) is 3.50. The SMILES string of the molecule is CCCc1nc(CN2CCCC(=O)c3ccccc32)no1. The Bertz CT molecular complexity index is 636. The van der Waals surface area contributed by atoms with Crippen molar-refractivity contribution in [2.45, 2.75) is 39.2 Å². The standard InChI is InChI=1S/C16H19N3O2/c1-2-6-16-17-15(18-21-16)11-19-10-5-9-14(20)12-7-3-4-8-13(12)19/h3-4,7-8H,2,5-6,9-11H2,1H3. The summed E-state index contributed by atoms with van der Waals surface area (Å²) in [6, 6.07) is 7.76. The van der Waals surface area contributed by atoms with Crippen LogP contribution in [0.25, 0.3) is 0 Å². The summed E-state index contributed by atoms with van der Waals surface area (Å²) in [5, 5.41) is 4.04. The molecule has 3 rings (SSSR count). The number of fused-ring (bicyclic) bond motifs is 1. The molecule has 0 saturated carbocycles. The summed E-state index contributed by atoms with van der Waals surface area (Å²) >= 11 is 0. The number of rotatable bonds is 4. The lowest BCUT2D eigenvalue weighted by atomic mass is 10.1. The van der Waals surface area contributed by atoms with E-state index in [0.717, 1.165) is 37.1 Å². The number of anilines is 1. The van der Waals surface area contributed by atoms with Crippen LogP contribution in [0.1, 0.15) is 48.3 Å². The maximum Gasteiger partial charge on any atom is 0.226 e. The van der Waals surface area contributed by atoms with E-state index in [9.17, 15) is 4.79 Å². The number of hydrogen-bond acceptors (Lipinski definition) is 5. The number of aromatic nitrogens is 2. The van der Waals surface area contributed by atoms with Gasteiger partial charge in [0.1, 0.15) is 0 Å². The van der Waals surface area contributed by atoms with Gasteiger partial charge in [-0.1, -0.05) is 24.2 Å². The van der Waals surface area contributed by atoms with E-state index in [1.54, 1.807) is 0 Å². The highest BCUT2D eigenvalue weighted by atomic mass is 16.5. The van der Waals surface area contributed by atoms with Crippen LogP contribution < -0.4 is 4.90 Å². The minimum atomic E-state index is 0.216. The molecule has 21 heavy (non-hydrogen) atoms. The van der Waals surface area contributed by atoms with Crippen molar-refractivity contribution in [2.24, 2.45) is 0 Å². The number of carbonyl (C=O) groups is 1. The van der Waals surface area contributed by atoms with Crippen molar-refractivity contribution in [2.75, 3.05) is 11.4 Å². The van der Waals surface area contributed by atoms with Gasteiger partial charge in [-0.3, -0.25) is 4.79 Å². The first kappa shape index (κ1) is 13.8. The Balaban J connectivity index is 1.84. The van der Waals surface area contributed by atoms with Crippen LogP contribution in [0.2, 0.25) is 0 Å². The number of benzene rings is 1. The Labute approximate surface area is 124 Å². The summed E-state index contributed by atoms with van der Waals surface area (Å²) in [6.07, 6.45) is 3.25. The van der Waals surface area contributed by atoms with Gasteiger partial charge in [-0.15, -0.1) is 0 Å². The van der Waals surface area contributed by atoms with E-state index < -0.39 is 0 Å². The lowest BCUT2D eigenvalue weighted by Crippen LogP contribution is -2.24. The molecule has 2 heterocycles. The number of Topliss-reactive ketones (excluding diaryl/α,β-unsaturated/α-hetero) is 1. The quantitative estimate of drug-likeness (QED) is 0.864. The van der Waals surface area contributed by atoms with E-state index in [2.05, 4.69) is 22.0 Å². The van der Waals surface area contributed by atoms with Gasteiger partial charge in [0.25, 0.3) is 0 Å². The molecule has 0 aliphatic carbocycles. The first-order chi connectivity index (χ1) is 10.3. The third-order valence-corrected chi connectivity index (χ3v) is 3.68. The van der Waals surface area contributed by atoms with Crippen LogP contribution in [0, 0.1) is 0 Å². The molecule has 110 valence electrons. The molecule has 0 amide bonds. The van der Waals surface area contributed by atoms with Gasteiger partial charge in [0.2, 0.25) is 5.89 Å². The molecule has 1 aromatic carbocycles. The number of para-hydroxylation sites is 1. The van der Waals surface area contributed by atoms with Crippen molar-refractivity contribution in [3.8, 4) is 0 Å². The van der Waals surface area contributed by atoms with Crippen molar-refractivity contribution in [1.29, 1.82) is 0 Å². The van der Waals surface area contributed by atoms with Crippen molar-refractivity contribution in [3.63, 3.8) is 0 Å². The number of hydrogen-bond donors (Lipinski definition) is 0. The molecule has 2 aromatic rings. The average molecular weight is 285 g/mol. The molecule has 0 radical (unpaired) electrons. The second-order valence-electron chi connectivity index (χ2n) is 5.32. The molecule has 5 nitrogen and oxygen atoms in total. The van der Waals surface area contributed by atoms with E-state index in [1.165, 1.54) is 0 Å². The minimum Gasteiger partial charge on any atom is -0.363 e. The summed E-state index contributed by atoms with van der Waals surface area (Å²) in [7, 11) is 0. The van der Waals surface area contributed by atoms with Crippen LogP contribution in [0.5, 0.6) is 0 Å². The second-order valence-corrected chi connectivity index (χ2v) is 5.32. The largest absolute Gasteiger partial charge is 0.363 e. The molecule has 5 heteroatoms. The molecule has 0 saturated heterocycles. The van der Waals surface area contributed by atoms with E-state index in [4.69, 9.17) is 4.52 Å². The number of ketones is 1. The van der Waals surface area contributed by atoms with E-state index in [-0.39, 0.29) is 5.78 Å². The zero-order valence-electron chi connectivity index (χ0n) is 12.2. The Hall–Kier alpha value is -2.17. The lowest BCUT2D eigenvalue weighted by Gasteiger charge is -2.22. The Morgan fingerprint density at radius 3 is 3.05 bits per heavy atom. The Kier molecular flexibility index (Phi) is 3.99. The summed E-state index contributed by atoms with van der Waals surface area (Å²) in [4.78, 5) is 18.7. The van der Waals surface area contributed by atoms with Crippen LogP contribution in [-0.2, 0) is 13.0 Å². The fourth-order valence-corrected chi connectivity index (χ4v) is 2.68. The summed E-state index contributed by atoms with van der Waals surface area (Å²) in [5.74, 6) is 1.59. The zero-order chi connectivity index (χ0) is 14.7. The Morgan fingerprint density at radius 2 is 2.19 bits per heavy atom. The molecule has 0 bridgehead atoms. The Morgan fingerprint density at radius 1 is 1.33 bits per heavy atom. The van der Waals surface area contributed by atoms with Crippen molar-refractivity contribution >= 4 is 11.5 Å². The molecular weight excluding hydrogens is 266 g/mol. The molecule has 0 atom stereocenters. The van der Waals surface area contributed by atoms with Crippen molar-refractivity contribution in [3.05, 3.63) is 41.5 Å². The first-order valence-corrected chi connectivity index (χ1v) is 7.46. The van der Waals surface area contributed by atoms with Crippen LogP contribution in [0.15, 0.2) is 28.8 Å². The summed E-state index contributed by atoms with van der Waals surface area (Å²) < 4.78 is 5.23. The maximum atomic E-state index is 12.1. The van der Waals surface area contributed by atoms with Gasteiger partial charge in [0, 0.05) is 30.6 Å². The normalized spacial score (nSPS) is 14.9. The molecule has 0 fully saturated rings. The highest BCUT2D eigenvalue weighted by Gasteiger charge is 2.21. The van der Waals surface area contributed by atoms with Gasteiger partial charge in [-0.2, -0.15) is 4.98 Å². The molecule has 1 aliphatic heterocycles.